The van der Waals surface area contributed by atoms with Crippen LogP contribution in [0.3, 0.4) is 0 Å². The van der Waals surface area contributed by atoms with E-state index in [2.05, 4.69) is 20.6 Å². The molecule has 6 nitrogen and oxygen atoms in total. The van der Waals surface area contributed by atoms with Gasteiger partial charge in [0, 0.05) is 35.0 Å². The molecule has 0 unspecified atom stereocenters. The summed E-state index contributed by atoms with van der Waals surface area (Å²) in [5.74, 6) is -0.0176. The Morgan fingerprint density at radius 1 is 1.03 bits per heavy atom. The minimum absolute atomic E-state index is 0.180. The highest BCUT2D eigenvalue weighted by atomic mass is 35.5. The first kappa shape index (κ1) is 20.3. The van der Waals surface area contributed by atoms with Crippen molar-refractivity contribution in [2.45, 2.75) is 19.4 Å². The Kier molecular flexibility index (Phi) is 5.92. The van der Waals surface area contributed by atoms with Crippen molar-refractivity contribution in [1.29, 1.82) is 0 Å². The Balaban J connectivity index is 1.42. The van der Waals surface area contributed by atoms with Gasteiger partial charge >= 0.3 is 0 Å². The van der Waals surface area contributed by atoms with E-state index in [1.807, 2.05) is 24.3 Å². The highest BCUT2D eigenvalue weighted by Gasteiger charge is 2.12. The van der Waals surface area contributed by atoms with Crippen molar-refractivity contribution in [3.05, 3.63) is 81.8 Å². The molecule has 9 heteroatoms. The molecule has 2 heterocycles. The molecule has 1 N–H and O–H groups in total. The van der Waals surface area contributed by atoms with Gasteiger partial charge in [0.2, 0.25) is 5.91 Å². The summed E-state index contributed by atoms with van der Waals surface area (Å²) in [6, 6.07) is 15.1. The Morgan fingerprint density at radius 2 is 1.83 bits per heavy atom. The number of amides is 1. The van der Waals surface area contributed by atoms with Gasteiger partial charge in [-0.3, -0.25) is 4.79 Å². The van der Waals surface area contributed by atoms with Crippen LogP contribution in [0, 0.1) is 5.82 Å². The van der Waals surface area contributed by atoms with Gasteiger partial charge in [0.25, 0.3) is 0 Å². The second kappa shape index (κ2) is 8.77. The molecule has 152 valence electrons. The van der Waals surface area contributed by atoms with Crippen molar-refractivity contribution in [2.24, 2.45) is 0 Å². The van der Waals surface area contributed by atoms with Gasteiger partial charge in [-0.1, -0.05) is 41.4 Å². The molecule has 2 aromatic carbocycles. The lowest BCUT2D eigenvalue weighted by Crippen LogP contribution is -2.23. The first-order valence-electron chi connectivity index (χ1n) is 9.17. The van der Waals surface area contributed by atoms with Crippen molar-refractivity contribution < 1.29 is 9.18 Å². The predicted molar refractivity (Wildman–Crippen MR) is 113 cm³/mol. The van der Waals surface area contributed by atoms with E-state index >= 15 is 0 Å². The first-order chi connectivity index (χ1) is 14.5. The molecule has 0 fully saturated rings. The molecule has 1 amide bonds. The number of aryl methyl sites for hydroxylation is 1. The molecule has 0 aliphatic carbocycles. The topological polar surface area (TPSA) is 72.2 Å². The van der Waals surface area contributed by atoms with Gasteiger partial charge in [0.15, 0.2) is 11.5 Å². The van der Waals surface area contributed by atoms with Crippen molar-refractivity contribution in [2.75, 3.05) is 0 Å². The van der Waals surface area contributed by atoms with E-state index in [4.69, 9.17) is 23.2 Å². The Bertz CT molecular complexity index is 1210. The molecule has 0 bridgehead atoms. The van der Waals surface area contributed by atoms with Crippen LogP contribution in [-0.4, -0.2) is 25.7 Å². The van der Waals surface area contributed by atoms with E-state index in [-0.39, 0.29) is 23.9 Å². The maximum atomic E-state index is 13.1. The normalized spacial score (nSPS) is 11.0. The highest BCUT2D eigenvalue weighted by Crippen LogP contribution is 2.20. The first-order valence-corrected chi connectivity index (χ1v) is 9.93. The molecule has 0 aliphatic heterocycles. The van der Waals surface area contributed by atoms with Crippen molar-refractivity contribution in [1.82, 2.24) is 25.1 Å². The fourth-order valence-electron chi connectivity index (χ4n) is 2.94. The molecule has 4 rings (SSSR count). The lowest BCUT2D eigenvalue weighted by atomic mass is 10.1. The van der Waals surface area contributed by atoms with Gasteiger partial charge in [0.1, 0.15) is 5.82 Å². The maximum absolute atomic E-state index is 13.1. The second-order valence-corrected chi connectivity index (χ2v) is 7.47. The number of hydrogen-bond acceptors (Lipinski definition) is 4. The van der Waals surface area contributed by atoms with Crippen LogP contribution in [-0.2, 0) is 17.8 Å². The summed E-state index contributed by atoms with van der Waals surface area (Å²) in [7, 11) is 0. The van der Waals surface area contributed by atoms with E-state index in [0.717, 1.165) is 11.3 Å². The van der Waals surface area contributed by atoms with Crippen LogP contribution in [0.15, 0.2) is 54.6 Å². The second-order valence-electron chi connectivity index (χ2n) is 6.62. The van der Waals surface area contributed by atoms with Gasteiger partial charge in [0.05, 0.1) is 5.69 Å². The monoisotopic (exact) mass is 443 g/mol. The van der Waals surface area contributed by atoms with E-state index in [0.29, 0.717) is 28.5 Å². The minimum atomic E-state index is -0.417. The molecule has 0 aliphatic rings. The summed E-state index contributed by atoms with van der Waals surface area (Å²) in [5.41, 5.74) is 2.90. The number of carbonyl (C=O) groups is 1. The van der Waals surface area contributed by atoms with E-state index < -0.39 is 5.82 Å². The largest absolute Gasteiger partial charge is 0.352 e. The molecule has 0 saturated heterocycles. The van der Waals surface area contributed by atoms with Gasteiger partial charge < -0.3 is 5.32 Å². The van der Waals surface area contributed by atoms with Crippen LogP contribution >= 0.6 is 23.2 Å². The fraction of sp³-hybridized carbons (Fsp3) is 0.143. The van der Waals surface area contributed by atoms with Crippen LogP contribution in [0.25, 0.3) is 16.9 Å². The quantitative estimate of drug-likeness (QED) is 0.476. The summed E-state index contributed by atoms with van der Waals surface area (Å²) in [6.45, 7) is 0.220. The molecular weight excluding hydrogens is 428 g/mol. The third-order valence-electron chi connectivity index (χ3n) is 4.53. The van der Waals surface area contributed by atoms with E-state index in [1.165, 1.54) is 12.1 Å². The highest BCUT2D eigenvalue weighted by molar-refractivity contribution is 6.31. The Labute approximate surface area is 181 Å². The molecule has 0 spiro atoms. The van der Waals surface area contributed by atoms with Crippen molar-refractivity contribution in [3.63, 3.8) is 0 Å². The van der Waals surface area contributed by atoms with Gasteiger partial charge in [-0.05, 0) is 42.0 Å². The van der Waals surface area contributed by atoms with Crippen molar-refractivity contribution in [3.8, 4) is 11.3 Å². The summed E-state index contributed by atoms with van der Waals surface area (Å²) < 4.78 is 14.7. The fourth-order valence-corrected chi connectivity index (χ4v) is 3.30. The summed E-state index contributed by atoms with van der Waals surface area (Å²) in [6.07, 6.45) is 0.563. The molecule has 2 aromatic heterocycles. The molecule has 0 atom stereocenters. The smallest absolute Gasteiger partial charge is 0.220 e. The lowest BCUT2D eigenvalue weighted by Gasteiger charge is -2.07. The number of aromatic nitrogens is 4. The van der Waals surface area contributed by atoms with Crippen LogP contribution in [0.5, 0.6) is 0 Å². The summed E-state index contributed by atoms with van der Waals surface area (Å²) >= 11 is 11.9. The average Bonchev–Trinajstić information content (AvgIpc) is 3.14. The number of carbonyl (C=O) groups excluding carboxylic acids is 1. The number of fused-ring (bicyclic) bond motifs is 1. The summed E-state index contributed by atoms with van der Waals surface area (Å²) in [4.78, 5) is 12.2. The average molecular weight is 444 g/mol. The van der Waals surface area contributed by atoms with Crippen LogP contribution < -0.4 is 5.32 Å². The number of hydrogen-bond donors (Lipinski definition) is 1. The Hall–Kier alpha value is -3.03. The molecule has 4 aromatic rings. The molecule has 0 saturated carbocycles. The zero-order chi connectivity index (χ0) is 21.1. The number of nitrogens with zero attached hydrogens (tertiary/aromatic N) is 4. The zero-order valence-electron chi connectivity index (χ0n) is 15.6. The SMILES string of the molecule is O=C(CCc1nnc2ccc(-c3ccc(Cl)cc3)nn12)NCc1ccc(F)cc1Cl. The van der Waals surface area contributed by atoms with Crippen LogP contribution in [0.1, 0.15) is 17.8 Å². The molecule has 30 heavy (non-hydrogen) atoms. The number of benzene rings is 2. The lowest BCUT2D eigenvalue weighted by molar-refractivity contribution is -0.121. The van der Waals surface area contributed by atoms with Crippen molar-refractivity contribution >= 4 is 34.8 Å². The number of halogens is 3. The number of rotatable bonds is 6. The molecular formula is C21H16Cl2FN5O. The van der Waals surface area contributed by atoms with E-state index in [1.54, 1.807) is 22.7 Å². The zero-order valence-corrected chi connectivity index (χ0v) is 17.2. The van der Waals surface area contributed by atoms with Gasteiger partial charge in [-0.2, -0.15) is 9.61 Å². The number of nitrogens with one attached hydrogen (secondary N) is 1. The Morgan fingerprint density at radius 3 is 2.60 bits per heavy atom. The van der Waals surface area contributed by atoms with Gasteiger partial charge in [-0.25, -0.2) is 4.39 Å². The summed E-state index contributed by atoms with van der Waals surface area (Å²) in [5, 5.41) is 16.5. The molecule has 0 radical (unpaired) electrons. The predicted octanol–water partition coefficient (Wildman–Crippen LogP) is 4.49. The van der Waals surface area contributed by atoms with Gasteiger partial charge in [-0.15, -0.1) is 10.2 Å². The maximum Gasteiger partial charge on any atom is 0.220 e. The minimum Gasteiger partial charge on any atom is -0.352 e. The standard InChI is InChI=1S/C21H16Cl2FN5O/c22-15-4-1-13(2-5-15)18-7-8-19-26-27-20(29(19)28-18)9-10-21(30)25-12-14-3-6-16(24)11-17(14)23/h1-8,11H,9-10,12H2,(H,25,30). The van der Waals surface area contributed by atoms with Crippen LogP contribution in [0.4, 0.5) is 4.39 Å². The third-order valence-corrected chi connectivity index (χ3v) is 5.14. The van der Waals surface area contributed by atoms with Crippen LogP contribution in [0.2, 0.25) is 10.0 Å². The van der Waals surface area contributed by atoms with E-state index in [9.17, 15) is 9.18 Å². The third kappa shape index (κ3) is 4.58.